The summed E-state index contributed by atoms with van der Waals surface area (Å²) in [4.78, 5) is 12.9. The lowest BCUT2D eigenvalue weighted by Gasteiger charge is -2.26. The van der Waals surface area contributed by atoms with E-state index < -0.39 is 32.5 Å². The molecule has 1 N–H and O–H groups in total. The molecule has 2 aromatic carbocycles. The van der Waals surface area contributed by atoms with Gasteiger partial charge in [0.05, 0.1) is 36.2 Å². The number of amides is 1. The second-order valence-electron chi connectivity index (χ2n) is 8.07. The molecule has 12 heteroatoms. The van der Waals surface area contributed by atoms with Gasteiger partial charge in [0.25, 0.3) is 0 Å². The second kappa shape index (κ2) is 11.3. The van der Waals surface area contributed by atoms with Crippen LogP contribution >= 0.6 is 0 Å². The molecule has 35 heavy (non-hydrogen) atoms. The van der Waals surface area contributed by atoms with E-state index in [0.717, 1.165) is 29.8 Å². The molecular weight excluding hydrogens is 494 g/mol. The van der Waals surface area contributed by atoms with Crippen LogP contribution in [0.1, 0.15) is 26.2 Å². The maximum atomic E-state index is 13.1. The Bertz CT molecular complexity index is 1240. The Kier molecular flexibility index (Phi) is 8.62. The number of nitrogens with one attached hydrogen (secondary N) is 1. The van der Waals surface area contributed by atoms with E-state index in [4.69, 9.17) is 9.47 Å². The van der Waals surface area contributed by atoms with E-state index in [1.54, 1.807) is 24.3 Å². The minimum Gasteiger partial charge on any atom is -0.495 e. The first-order valence-electron chi connectivity index (χ1n) is 11.2. The van der Waals surface area contributed by atoms with E-state index in [9.17, 15) is 21.6 Å². The molecule has 0 radical (unpaired) electrons. The molecule has 1 aliphatic heterocycles. The fourth-order valence-electron chi connectivity index (χ4n) is 3.80. The van der Waals surface area contributed by atoms with Gasteiger partial charge in [-0.05, 0) is 62.2 Å². The van der Waals surface area contributed by atoms with Gasteiger partial charge in [-0.2, -0.15) is 4.31 Å². The highest BCUT2D eigenvalue weighted by Crippen LogP contribution is 2.30. The van der Waals surface area contributed by atoms with Crippen LogP contribution in [0.4, 0.5) is 11.4 Å². The van der Waals surface area contributed by atoms with Crippen molar-refractivity contribution < 1.29 is 31.1 Å². The normalized spacial score (nSPS) is 14.8. The zero-order valence-corrected chi connectivity index (χ0v) is 21.7. The van der Waals surface area contributed by atoms with Crippen molar-refractivity contribution in [2.75, 3.05) is 49.2 Å². The third kappa shape index (κ3) is 6.65. The van der Waals surface area contributed by atoms with Gasteiger partial charge in [-0.15, -0.1) is 0 Å². The molecule has 0 bridgehead atoms. The van der Waals surface area contributed by atoms with Crippen LogP contribution in [0.15, 0.2) is 47.4 Å². The number of methoxy groups -OCH3 is 1. The molecule has 1 heterocycles. The quantitative estimate of drug-likeness (QED) is 0.506. The van der Waals surface area contributed by atoms with E-state index in [0.29, 0.717) is 31.1 Å². The Morgan fingerprint density at radius 3 is 2.26 bits per heavy atom. The number of sulfonamides is 2. The van der Waals surface area contributed by atoms with Crippen molar-refractivity contribution >= 4 is 37.3 Å². The monoisotopic (exact) mass is 525 g/mol. The fourth-order valence-corrected chi connectivity index (χ4v) is 6.20. The van der Waals surface area contributed by atoms with Crippen LogP contribution < -0.4 is 19.1 Å². The molecule has 3 rings (SSSR count). The van der Waals surface area contributed by atoms with Gasteiger partial charge in [-0.1, -0.05) is 6.42 Å². The van der Waals surface area contributed by atoms with Gasteiger partial charge in [0.15, 0.2) is 0 Å². The van der Waals surface area contributed by atoms with Crippen LogP contribution in [-0.2, 0) is 24.8 Å². The molecule has 0 unspecified atom stereocenters. The largest absolute Gasteiger partial charge is 0.495 e. The Morgan fingerprint density at radius 1 is 1.03 bits per heavy atom. The molecular formula is C23H31N3O7S2. The lowest BCUT2D eigenvalue weighted by atomic mass is 10.2. The number of piperidine rings is 1. The number of nitrogens with zero attached hydrogens (tertiary/aromatic N) is 2. The van der Waals surface area contributed by atoms with Crippen molar-refractivity contribution in [2.45, 2.75) is 31.1 Å². The lowest BCUT2D eigenvalue weighted by Crippen LogP contribution is -2.37. The van der Waals surface area contributed by atoms with Crippen molar-refractivity contribution in [1.29, 1.82) is 0 Å². The van der Waals surface area contributed by atoms with E-state index in [1.165, 1.54) is 29.6 Å². The maximum Gasteiger partial charge on any atom is 0.245 e. The van der Waals surface area contributed by atoms with Crippen LogP contribution in [0.5, 0.6) is 11.5 Å². The molecule has 1 aliphatic rings. The van der Waals surface area contributed by atoms with Gasteiger partial charge in [-0.3, -0.25) is 9.10 Å². The minimum absolute atomic E-state index is 0.0296. The van der Waals surface area contributed by atoms with Gasteiger partial charge in [0, 0.05) is 13.1 Å². The van der Waals surface area contributed by atoms with E-state index in [2.05, 4.69) is 5.32 Å². The van der Waals surface area contributed by atoms with Crippen molar-refractivity contribution in [2.24, 2.45) is 0 Å². The molecule has 0 aromatic heterocycles. The number of carbonyl (C=O) groups is 1. The van der Waals surface area contributed by atoms with Crippen molar-refractivity contribution in [3.63, 3.8) is 0 Å². The van der Waals surface area contributed by atoms with Crippen LogP contribution in [0.25, 0.3) is 0 Å². The summed E-state index contributed by atoms with van der Waals surface area (Å²) in [5.41, 5.74) is 0.426. The van der Waals surface area contributed by atoms with Crippen LogP contribution in [-0.4, -0.2) is 66.7 Å². The average molecular weight is 526 g/mol. The van der Waals surface area contributed by atoms with E-state index in [-0.39, 0.29) is 16.3 Å². The summed E-state index contributed by atoms with van der Waals surface area (Å²) in [5.74, 6) is 0.170. The molecule has 192 valence electrons. The summed E-state index contributed by atoms with van der Waals surface area (Å²) in [6, 6.07) is 10.6. The number of rotatable bonds is 10. The van der Waals surface area contributed by atoms with Crippen LogP contribution in [0.3, 0.4) is 0 Å². The summed E-state index contributed by atoms with van der Waals surface area (Å²) in [6.45, 7) is 2.68. The summed E-state index contributed by atoms with van der Waals surface area (Å²) in [5, 5.41) is 2.60. The molecule has 1 amide bonds. The lowest BCUT2D eigenvalue weighted by molar-refractivity contribution is -0.114. The zero-order chi connectivity index (χ0) is 25.6. The Balaban J connectivity index is 1.83. The molecule has 2 aromatic rings. The number of hydrogen-bond donors (Lipinski definition) is 1. The third-order valence-corrected chi connectivity index (χ3v) is 8.56. The fraction of sp³-hybridized carbons (Fsp3) is 0.435. The standard InChI is InChI=1S/C23H31N3O7S2/c1-4-33-19-10-8-18(9-11-19)26(34(3,28)29)17-23(27)24-21-16-20(12-13-22(21)32-2)35(30,31)25-14-6-5-7-15-25/h8-13,16H,4-7,14-15,17H2,1-3H3,(H,24,27). The summed E-state index contributed by atoms with van der Waals surface area (Å²) < 4.78 is 64.0. The number of ether oxygens (including phenoxy) is 2. The topological polar surface area (TPSA) is 122 Å². The predicted octanol–water partition coefficient (Wildman–Crippen LogP) is 2.67. The Morgan fingerprint density at radius 2 is 1.69 bits per heavy atom. The van der Waals surface area contributed by atoms with Gasteiger partial charge in [-0.25, -0.2) is 16.8 Å². The molecule has 10 nitrogen and oxygen atoms in total. The predicted molar refractivity (Wildman–Crippen MR) is 134 cm³/mol. The number of benzene rings is 2. The van der Waals surface area contributed by atoms with Gasteiger partial charge >= 0.3 is 0 Å². The van der Waals surface area contributed by atoms with Crippen molar-refractivity contribution in [1.82, 2.24) is 4.31 Å². The molecule has 0 saturated carbocycles. The highest BCUT2D eigenvalue weighted by molar-refractivity contribution is 7.92. The first-order chi connectivity index (χ1) is 16.6. The van der Waals surface area contributed by atoms with Gasteiger partial charge in [0.2, 0.25) is 26.0 Å². The minimum atomic E-state index is -3.79. The SMILES string of the molecule is CCOc1ccc(N(CC(=O)Nc2cc(S(=O)(=O)N3CCCCC3)ccc2OC)S(C)(=O)=O)cc1. The van der Waals surface area contributed by atoms with Crippen LogP contribution in [0.2, 0.25) is 0 Å². The first-order valence-corrected chi connectivity index (χ1v) is 14.5. The number of anilines is 2. The van der Waals surface area contributed by atoms with Gasteiger partial charge in [0.1, 0.15) is 18.0 Å². The second-order valence-corrected chi connectivity index (χ2v) is 11.9. The van der Waals surface area contributed by atoms with Crippen molar-refractivity contribution in [3.8, 4) is 11.5 Å². The first kappa shape index (κ1) is 26.8. The zero-order valence-electron chi connectivity index (χ0n) is 20.1. The Labute approximate surface area is 206 Å². The van der Waals surface area contributed by atoms with Crippen molar-refractivity contribution in [3.05, 3.63) is 42.5 Å². The Hall–Kier alpha value is -2.83. The molecule has 0 atom stereocenters. The smallest absolute Gasteiger partial charge is 0.245 e. The van der Waals surface area contributed by atoms with E-state index >= 15 is 0 Å². The summed E-state index contributed by atoms with van der Waals surface area (Å²) >= 11 is 0. The third-order valence-electron chi connectivity index (χ3n) is 5.52. The number of hydrogen-bond acceptors (Lipinski definition) is 7. The highest BCUT2D eigenvalue weighted by Gasteiger charge is 2.27. The molecule has 0 aliphatic carbocycles. The summed E-state index contributed by atoms with van der Waals surface area (Å²) in [7, 11) is -6.13. The average Bonchev–Trinajstić information content (AvgIpc) is 2.83. The summed E-state index contributed by atoms with van der Waals surface area (Å²) in [6.07, 6.45) is 3.59. The van der Waals surface area contributed by atoms with Gasteiger partial charge < -0.3 is 14.8 Å². The molecule has 0 spiro atoms. The molecule has 1 saturated heterocycles. The number of carbonyl (C=O) groups excluding carboxylic acids is 1. The highest BCUT2D eigenvalue weighted by atomic mass is 32.2. The maximum absolute atomic E-state index is 13.1. The van der Waals surface area contributed by atoms with E-state index in [1.807, 2.05) is 6.92 Å². The molecule has 1 fully saturated rings. The van der Waals surface area contributed by atoms with Crippen LogP contribution in [0, 0.1) is 0 Å².